The van der Waals surface area contributed by atoms with Crippen LogP contribution in [0.15, 0.2) is 0 Å². The van der Waals surface area contributed by atoms with Gasteiger partial charge < -0.3 is 0 Å². The first kappa shape index (κ1) is 9.03. The number of hydrogen-bond acceptors (Lipinski definition) is 3. The Labute approximate surface area is 58.2 Å². The van der Waals surface area contributed by atoms with E-state index in [1.54, 1.807) is 4.31 Å². The van der Waals surface area contributed by atoms with Crippen LogP contribution in [0.4, 0.5) is 0 Å². The predicted octanol–water partition coefficient (Wildman–Crippen LogP) is 0.429. The molecule has 0 aliphatic heterocycles. The third kappa shape index (κ3) is 3.58. The van der Waals surface area contributed by atoms with Crippen LogP contribution in [0.3, 0.4) is 0 Å². The van der Waals surface area contributed by atoms with Crippen molar-refractivity contribution in [3.05, 3.63) is 0 Å². The summed E-state index contributed by atoms with van der Waals surface area (Å²) in [6, 6.07) is 0. The topological polar surface area (TPSA) is 62.3 Å². The fourth-order valence-electron chi connectivity index (χ4n) is 0.471. The van der Waals surface area contributed by atoms with Gasteiger partial charge in [-0.15, -0.1) is 0 Å². The van der Waals surface area contributed by atoms with Crippen molar-refractivity contribution < 1.29 is 4.28 Å². The Bertz CT molecular complexity index is 97.8. The van der Waals surface area contributed by atoms with Crippen LogP contribution < -0.4 is 5.90 Å². The van der Waals surface area contributed by atoms with Crippen molar-refractivity contribution in [2.75, 3.05) is 13.6 Å². The van der Waals surface area contributed by atoms with Gasteiger partial charge in [-0.25, -0.2) is 13.4 Å². The molecule has 0 bridgehead atoms. The van der Waals surface area contributed by atoms with Gasteiger partial charge in [-0.05, 0) is 6.42 Å². The number of hydrogen-bond donors (Lipinski definition) is 2. The summed E-state index contributed by atoms with van der Waals surface area (Å²) >= 11 is -0.961. The van der Waals surface area contributed by atoms with Crippen molar-refractivity contribution in [1.29, 1.82) is 4.78 Å². The number of nitrogens with one attached hydrogen (secondary N) is 1. The molecule has 5 heteroatoms. The van der Waals surface area contributed by atoms with Gasteiger partial charge in [0.25, 0.3) is 0 Å². The molecular weight excluding hydrogens is 138 g/mol. The smallest absolute Gasteiger partial charge is 0.125 e. The van der Waals surface area contributed by atoms with E-state index in [0.29, 0.717) is 0 Å². The van der Waals surface area contributed by atoms with Crippen LogP contribution in [0.25, 0.3) is 0 Å². The average molecular weight is 151 g/mol. The molecule has 0 rings (SSSR count). The van der Waals surface area contributed by atoms with E-state index in [9.17, 15) is 0 Å². The largest absolute Gasteiger partial charge is 0.240 e. The maximum atomic E-state index is 7.14. The van der Waals surface area contributed by atoms with E-state index in [1.165, 1.54) is 0 Å². The molecule has 1 unspecified atom stereocenters. The Morgan fingerprint density at radius 2 is 2.33 bits per heavy atom. The van der Waals surface area contributed by atoms with Crippen LogP contribution in [0.1, 0.15) is 13.3 Å². The van der Waals surface area contributed by atoms with Crippen molar-refractivity contribution in [3.63, 3.8) is 0 Å². The zero-order valence-corrected chi connectivity index (χ0v) is 6.57. The van der Waals surface area contributed by atoms with Crippen molar-refractivity contribution >= 4 is 11.2 Å². The SMILES string of the molecule is CCCN(C)S(=N)ON. The lowest BCUT2D eigenvalue weighted by atomic mass is 10.5. The van der Waals surface area contributed by atoms with E-state index < -0.39 is 11.2 Å². The molecule has 0 aromatic heterocycles. The zero-order valence-electron chi connectivity index (χ0n) is 5.76. The fourth-order valence-corrected chi connectivity index (χ4v) is 0.967. The number of nitrogens with zero attached hydrogens (tertiary/aromatic N) is 1. The van der Waals surface area contributed by atoms with Crippen LogP contribution in [-0.4, -0.2) is 17.9 Å². The minimum absolute atomic E-state index is 0.851. The number of nitrogens with two attached hydrogens (primary N) is 1. The molecule has 1 atom stereocenters. The van der Waals surface area contributed by atoms with E-state index in [-0.39, 0.29) is 0 Å². The van der Waals surface area contributed by atoms with E-state index in [4.69, 9.17) is 10.7 Å². The quantitative estimate of drug-likeness (QED) is 0.573. The molecule has 0 aromatic rings. The van der Waals surface area contributed by atoms with Gasteiger partial charge in [-0.3, -0.25) is 0 Å². The lowest BCUT2D eigenvalue weighted by Gasteiger charge is -2.13. The fraction of sp³-hybridized carbons (Fsp3) is 1.00. The highest BCUT2D eigenvalue weighted by molar-refractivity contribution is 7.78. The summed E-state index contributed by atoms with van der Waals surface area (Å²) in [5.74, 6) is 4.79. The van der Waals surface area contributed by atoms with E-state index >= 15 is 0 Å². The van der Waals surface area contributed by atoms with Crippen LogP contribution >= 0.6 is 0 Å². The molecule has 0 amide bonds. The predicted molar refractivity (Wildman–Crippen MR) is 38.3 cm³/mol. The summed E-state index contributed by atoms with van der Waals surface area (Å²) in [6.45, 7) is 2.90. The third-order valence-electron chi connectivity index (χ3n) is 0.913. The highest BCUT2D eigenvalue weighted by atomic mass is 32.2. The lowest BCUT2D eigenvalue weighted by Crippen LogP contribution is -2.24. The second kappa shape index (κ2) is 4.87. The second-order valence-electron chi connectivity index (χ2n) is 1.70. The van der Waals surface area contributed by atoms with Crippen LogP contribution in [0.2, 0.25) is 0 Å². The Hall–Kier alpha value is 0.0300. The summed E-state index contributed by atoms with van der Waals surface area (Å²) in [7, 11) is 1.81. The Morgan fingerprint density at radius 1 is 1.78 bits per heavy atom. The van der Waals surface area contributed by atoms with E-state index in [0.717, 1.165) is 13.0 Å². The summed E-state index contributed by atoms with van der Waals surface area (Å²) in [5, 5.41) is 0. The number of rotatable bonds is 4. The summed E-state index contributed by atoms with van der Waals surface area (Å²) in [4.78, 5) is 0. The van der Waals surface area contributed by atoms with Crippen LogP contribution in [0.5, 0.6) is 0 Å². The van der Waals surface area contributed by atoms with Crippen LogP contribution in [0, 0.1) is 4.78 Å². The second-order valence-corrected chi connectivity index (χ2v) is 3.01. The molecule has 0 heterocycles. The van der Waals surface area contributed by atoms with Crippen molar-refractivity contribution in [2.45, 2.75) is 13.3 Å². The molecule has 4 nitrogen and oxygen atoms in total. The average Bonchev–Trinajstić information content (AvgIpc) is 1.87. The molecule has 0 aromatic carbocycles. The van der Waals surface area contributed by atoms with Gasteiger partial charge in [-0.2, -0.15) is 5.90 Å². The molecule has 0 fully saturated rings. The van der Waals surface area contributed by atoms with Gasteiger partial charge in [-0.1, -0.05) is 6.92 Å². The summed E-state index contributed by atoms with van der Waals surface area (Å²) < 4.78 is 13.2. The van der Waals surface area contributed by atoms with E-state index in [1.807, 2.05) is 14.0 Å². The summed E-state index contributed by atoms with van der Waals surface area (Å²) in [5.41, 5.74) is 0. The standard InChI is InChI=1S/C4H13N3OS/c1-3-4-7(2)9(6)8-5/h6H,3-5H2,1-2H3. The summed E-state index contributed by atoms with van der Waals surface area (Å²) in [6.07, 6.45) is 1.02. The van der Waals surface area contributed by atoms with Gasteiger partial charge in [0, 0.05) is 13.6 Å². The minimum atomic E-state index is -0.961. The van der Waals surface area contributed by atoms with Crippen molar-refractivity contribution in [1.82, 2.24) is 4.31 Å². The molecule has 0 saturated carbocycles. The van der Waals surface area contributed by atoms with Gasteiger partial charge in [0.15, 0.2) is 0 Å². The maximum Gasteiger partial charge on any atom is 0.125 e. The van der Waals surface area contributed by atoms with Crippen molar-refractivity contribution in [2.24, 2.45) is 5.90 Å². The highest BCUT2D eigenvalue weighted by Gasteiger charge is 1.99. The molecule has 0 aliphatic carbocycles. The molecule has 0 saturated heterocycles. The molecular formula is C4H13N3OS. The molecule has 9 heavy (non-hydrogen) atoms. The van der Waals surface area contributed by atoms with E-state index in [2.05, 4.69) is 4.28 Å². The van der Waals surface area contributed by atoms with Crippen LogP contribution in [-0.2, 0) is 15.4 Å². The Balaban J connectivity index is 3.45. The van der Waals surface area contributed by atoms with Gasteiger partial charge in [0.05, 0.1) is 0 Å². The first-order valence-electron chi connectivity index (χ1n) is 2.76. The molecule has 0 aliphatic rings. The molecule has 0 spiro atoms. The Morgan fingerprint density at radius 3 is 2.67 bits per heavy atom. The van der Waals surface area contributed by atoms with Gasteiger partial charge >= 0.3 is 0 Å². The normalized spacial score (nSPS) is 14.2. The van der Waals surface area contributed by atoms with Gasteiger partial charge in [0.1, 0.15) is 11.2 Å². The zero-order chi connectivity index (χ0) is 7.28. The molecule has 56 valence electrons. The highest BCUT2D eigenvalue weighted by Crippen LogP contribution is 1.91. The van der Waals surface area contributed by atoms with Gasteiger partial charge in [0.2, 0.25) is 0 Å². The Kier molecular flexibility index (Phi) is 4.88. The lowest BCUT2D eigenvalue weighted by molar-refractivity contribution is 0.351. The van der Waals surface area contributed by atoms with Crippen molar-refractivity contribution in [3.8, 4) is 0 Å². The molecule has 3 N–H and O–H groups in total. The first-order chi connectivity index (χ1) is 4.22. The first-order valence-corrected chi connectivity index (χ1v) is 3.87. The molecule has 0 radical (unpaired) electrons. The third-order valence-corrected chi connectivity index (χ3v) is 1.84. The maximum absolute atomic E-state index is 7.14. The minimum Gasteiger partial charge on any atom is -0.240 e. The monoisotopic (exact) mass is 151 g/mol.